The number of hydrogen-bond acceptors (Lipinski definition) is 7. The highest BCUT2D eigenvalue weighted by atomic mass is 32.2. The molecule has 0 saturated heterocycles. The molecule has 0 unspecified atom stereocenters. The lowest BCUT2D eigenvalue weighted by atomic mass is 10.2. The normalized spacial score (nSPS) is 11.2. The van der Waals surface area contributed by atoms with Gasteiger partial charge in [0.05, 0.1) is 16.7 Å². The van der Waals surface area contributed by atoms with Gasteiger partial charge in [0.1, 0.15) is 11.6 Å². The Morgan fingerprint density at radius 2 is 1.88 bits per heavy atom. The average molecular weight is 445 g/mol. The van der Waals surface area contributed by atoms with E-state index < -0.39 is 0 Å². The molecular weight excluding hydrogens is 429 g/mol. The predicted molar refractivity (Wildman–Crippen MR) is 119 cm³/mol. The number of aromatic nitrogens is 5. The molecule has 5 rings (SSSR count). The zero-order valence-electron chi connectivity index (χ0n) is 16.9. The number of rotatable bonds is 5. The Morgan fingerprint density at radius 1 is 1.06 bits per heavy atom. The fourth-order valence-electron chi connectivity index (χ4n) is 3.21. The summed E-state index contributed by atoms with van der Waals surface area (Å²) >= 11 is 1.31. The Balaban J connectivity index is 1.51. The van der Waals surface area contributed by atoms with Crippen LogP contribution in [0.1, 0.15) is 11.4 Å². The van der Waals surface area contributed by atoms with Crippen LogP contribution in [-0.2, 0) is 5.75 Å². The van der Waals surface area contributed by atoms with E-state index in [2.05, 4.69) is 20.1 Å². The molecule has 0 spiro atoms. The smallest absolute Gasteiger partial charge is 0.267 e. The molecule has 3 aromatic heterocycles. The topological polar surface area (TPSA) is 86.7 Å². The Bertz CT molecular complexity index is 1480. The molecule has 0 radical (unpaired) electrons. The van der Waals surface area contributed by atoms with Gasteiger partial charge < -0.3 is 4.52 Å². The number of hydrogen-bond donors (Lipinski definition) is 0. The van der Waals surface area contributed by atoms with E-state index in [-0.39, 0.29) is 11.4 Å². The molecule has 0 aliphatic carbocycles. The van der Waals surface area contributed by atoms with Gasteiger partial charge in [0, 0.05) is 11.8 Å². The second-order valence-corrected chi connectivity index (χ2v) is 8.00. The van der Waals surface area contributed by atoms with Crippen molar-refractivity contribution >= 4 is 22.7 Å². The molecule has 0 saturated carbocycles. The Kier molecular flexibility index (Phi) is 5.24. The lowest BCUT2D eigenvalue weighted by Crippen LogP contribution is -2.22. The molecule has 9 heteroatoms. The van der Waals surface area contributed by atoms with Crippen molar-refractivity contribution in [3.8, 4) is 17.3 Å². The molecule has 5 aromatic rings. The van der Waals surface area contributed by atoms with Gasteiger partial charge in [0.2, 0.25) is 0 Å². The largest absolute Gasteiger partial charge is 0.334 e. The molecule has 0 N–H and O–H groups in total. The van der Waals surface area contributed by atoms with Gasteiger partial charge in [0.25, 0.3) is 11.4 Å². The maximum Gasteiger partial charge on any atom is 0.267 e. The van der Waals surface area contributed by atoms with Crippen LogP contribution in [0.25, 0.3) is 28.2 Å². The number of aryl methyl sites for hydroxylation is 1. The van der Waals surface area contributed by atoms with E-state index in [1.54, 1.807) is 30.5 Å². The van der Waals surface area contributed by atoms with E-state index in [1.165, 1.54) is 28.5 Å². The molecule has 0 fully saturated rings. The molecule has 0 aliphatic rings. The van der Waals surface area contributed by atoms with Crippen LogP contribution < -0.4 is 5.56 Å². The fourth-order valence-corrected chi connectivity index (χ4v) is 4.05. The maximum atomic E-state index is 13.3. The summed E-state index contributed by atoms with van der Waals surface area (Å²) < 4.78 is 20.0. The molecule has 0 aliphatic heterocycles. The van der Waals surface area contributed by atoms with Gasteiger partial charge in [-0.05, 0) is 61.0 Å². The lowest BCUT2D eigenvalue weighted by molar-refractivity contribution is 0.425. The SMILES string of the molecule is Cc1ccnc(-n2c(SCc3noc(-c4ccc(F)cc4)n3)nc3ccccc3c2=O)c1. The minimum atomic E-state index is -0.339. The second-order valence-electron chi connectivity index (χ2n) is 7.05. The molecular formula is C23H16FN5O2S. The van der Waals surface area contributed by atoms with Crippen molar-refractivity contribution < 1.29 is 8.91 Å². The fraction of sp³-hybridized carbons (Fsp3) is 0.0870. The number of halogens is 1. The van der Waals surface area contributed by atoms with Gasteiger partial charge in [-0.2, -0.15) is 4.98 Å². The molecule has 32 heavy (non-hydrogen) atoms. The molecule has 7 nitrogen and oxygen atoms in total. The summed E-state index contributed by atoms with van der Waals surface area (Å²) in [6.45, 7) is 1.94. The van der Waals surface area contributed by atoms with Crippen molar-refractivity contribution in [3.63, 3.8) is 0 Å². The van der Waals surface area contributed by atoms with Crippen LogP contribution in [0.3, 0.4) is 0 Å². The van der Waals surface area contributed by atoms with Crippen LogP contribution in [-0.4, -0.2) is 24.7 Å². The third-order valence-electron chi connectivity index (χ3n) is 4.76. The minimum Gasteiger partial charge on any atom is -0.334 e. The first-order valence-electron chi connectivity index (χ1n) is 9.74. The number of pyridine rings is 1. The van der Waals surface area contributed by atoms with E-state index >= 15 is 0 Å². The summed E-state index contributed by atoms with van der Waals surface area (Å²) in [7, 11) is 0. The van der Waals surface area contributed by atoms with Crippen molar-refractivity contribution in [1.29, 1.82) is 0 Å². The monoisotopic (exact) mass is 445 g/mol. The number of benzene rings is 2. The Hall–Kier alpha value is -3.85. The van der Waals surface area contributed by atoms with Gasteiger partial charge in [-0.25, -0.2) is 18.9 Å². The van der Waals surface area contributed by atoms with Crippen molar-refractivity contribution in [2.75, 3.05) is 0 Å². The van der Waals surface area contributed by atoms with Crippen molar-refractivity contribution in [2.24, 2.45) is 0 Å². The first-order valence-corrected chi connectivity index (χ1v) is 10.7. The third-order valence-corrected chi connectivity index (χ3v) is 5.70. The molecule has 2 aromatic carbocycles. The number of thioether (sulfide) groups is 1. The Morgan fingerprint density at radius 3 is 2.69 bits per heavy atom. The van der Waals surface area contributed by atoms with Gasteiger partial charge in [-0.3, -0.25) is 4.79 Å². The molecule has 158 valence electrons. The van der Waals surface area contributed by atoms with Crippen LogP contribution in [0.4, 0.5) is 4.39 Å². The summed E-state index contributed by atoms with van der Waals surface area (Å²) in [4.78, 5) is 26.7. The number of nitrogens with zero attached hydrogens (tertiary/aromatic N) is 5. The highest BCUT2D eigenvalue weighted by molar-refractivity contribution is 7.98. The van der Waals surface area contributed by atoms with E-state index in [0.29, 0.717) is 44.9 Å². The van der Waals surface area contributed by atoms with Gasteiger partial charge in [-0.1, -0.05) is 29.1 Å². The van der Waals surface area contributed by atoms with Crippen LogP contribution in [0.2, 0.25) is 0 Å². The van der Waals surface area contributed by atoms with Crippen LogP contribution in [0, 0.1) is 12.7 Å². The van der Waals surface area contributed by atoms with Crippen LogP contribution in [0.15, 0.2) is 81.3 Å². The van der Waals surface area contributed by atoms with Gasteiger partial charge in [0.15, 0.2) is 11.0 Å². The first kappa shape index (κ1) is 20.1. The van der Waals surface area contributed by atoms with E-state index in [1.807, 2.05) is 31.2 Å². The summed E-state index contributed by atoms with van der Waals surface area (Å²) in [6, 6.07) is 16.7. The third kappa shape index (κ3) is 3.90. The first-order chi connectivity index (χ1) is 15.6. The van der Waals surface area contributed by atoms with Gasteiger partial charge >= 0.3 is 0 Å². The summed E-state index contributed by atoms with van der Waals surface area (Å²) in [5, 5.41) is 4.98. The standard InChI is InChI=1S/C23H16FN5O2S/c1-14-10-11-25-20(12-14)29-22(30)17-4-2-3-5-18(17)26-23(29)32-13-19-27-21(31-28-19)15-6-8-16(24)9-7-15/h2-12H,13H2,1H3. The maximum absolute atomic E-state index is 13.3. The van der Waals surface area contributed by atoms with Crippen molar-refractivity contribution in [2.45, 2.75) is 17.8 Å². The summed E-state index contributed by atoms with van der Waals surface area (Å²) in [5.41, 5.74) is 2.01. The number of fused-ring (bicyclic) bond motifs is 1. The highest BCUT2D eigenvalue weighted by Crippen LogP contribution is 2.25. The molecule has 3 heterocycles. The van der Waals surface area contributed by atoms with Gasteiger partial charge in [-0.15, -0.1) is 0 Å². The number of para-hydroxylation sites is 1. The van der Waals surface area contributed by atoms with E-state index in [0.717, 1.165) is 5.56 Å². The molecule has 0 bridgehead atoms. The molecule has 0 atom stereocenters. The van der Waals surface area contributed by atoms with Crippen molar-refractivity contribution in [1.82, 2.24) is 24.7 Å². The molecule has 0 amide bonds. The predicted octanol–water partition coefficient (Wildman–Crippen LogP) is 4.57. The highest BCUT2D eigenvalue weighted by Gasteiger charge is 2.16. The quantitative estimate of drug-likeness (QED) is 0.289. The zero-order valence-corrected chi connectivity index (χ0v) is 17.7. The Labute approximate surface area is 186 Å². The summed E-state index contributed by atoms with van der Waals surface area (Å²) in [5.74, 6) is 1.21. The van der Waals surface area contributed by atoms with Crippen LogP contribution in [0.5, 0.6) is 0 Å². The second kappa shape index (κ2) is 8.35. The van der Waals surface area contributed by atoms with E-state index in [4.69, 9.17) is 4.52 Å². The van der Waals surface area contributed by atoms with E-state index in [9.17, 15) is 9.18 Å². The zero-order chi connectivity index (χ0) is 22.1. The van der Waals surface area contributed by atoms with Crippen molar-refractivity contribution in [3.05, 3.63) is 94.4 Å². The van der Waals surface area contributed by atoms with Crippen LogP contribution >= 0.6 is 11.8 Å². The minimum absolute atomic E-state index is 0.198. The average Bonchev–Trinajstić information content (AvgIpc) is 3.27. The lowest BCUT2D eigenvalue weighted by Gasteiger charge is -2.12. The summed E-state index contributed by atoms with van der Waals surface area (Å²) in [6.07, 6.45) is 1.66.